The molecule has 0 amide bonds. The van der Waals surface area contributed by atoms with Crippen molar-refractivity contribution in [3.63, 3.8) is 0 Å². The minimum atomic E-state index is -1.78. The predicted octanol–water partition coefficient (Wildman–Crippen LogP) is -2.31. The molecule has 0 aromatic carbocycles. The Kier molecular flexibility index (Phi) is 14.1. The number of hydrogen-bond donors (Lipinski definition) is 13. The quantitative estimate of drug-likeness (QED) is 0.0656. The molecule has 4 saturated carbocycles. The molecule has 5 aliphatic carbocycles. The Morgan fingerprint density at radius 2 is 1.34 bits per heavy atom. The highest BCUT2D eigenvalue weighted by Crippen LogP contribution is 2.76. The van der Waals surface area contributed by atoms with Gasteiger partial charge in [-0.3, -0.25) is 4.79 Å². The average molecular weight is 961 g/mol. The first-order chi connectivity index (χ1) is 31.3. The molecule has 20 heteroatoms. The van der Waals surface area contributed by atoms with Crippen LogP contribution in [0.5, 0.6) is 0 Å². The normalized spacial score (nSPS) is 53.8. The molecule has 384 valence electrons. The van der Waals surface area contributed by atoms with Gasteiger partial charge in [-0.1, -0.05) is 46.3 Å². The van der Waals surface area contributed by atoms with Crippen LogP contribution in [0.2, 0.25) is 0 Å². The van der Waals surface area contributed by atoms with Gasteiger partial charge in [0, 0.05) is 5.41 Å². The molecule has 20 nitrogen and oxygen atoms in total. The summed E-state index contributed by atoms with van der Waals surface area (Å²) in [5, 5.41) is 142. The zero-order valence-corrected chi connectivity index (χ0v) is 39.3. The Bertz CT molecular complexity index is 1830. The van der Waals surface area contributed by atoms with Crippen LogP contribution in [0.3, 0.4) is 0 Å². The monoisotopic (exact) mass is 960 g/mol. The summed E-state index contributed by atoms with van der Waals surface area (Å²) < 4.78 is 35.4. The number of aliphatic hydroxyl groups is 13. The zero-order chi connectivity index (χ0) is 49.1. The molecule has 0 aromatic heterocycles. The van der Waals surface area contributed by atoms with Gasteiger partial charge in [-0.05, 0) is 97.7 Å². The summed E-state index contributed by atoms with van der Waals surface area (Å²) in [6.07, 6.45) is -20.7. The fourth-order valence-electron chi connectivity index (χ4n) is 15.0. The zero-order valence-electron chi connectivity index (χ0n) is 39.3. The van der Waals surface area contributed by atoms with E-state index >= 15 is 4.79 Å². The van der Waals surface area contributed by atoms with E-state index in [1.54, 1.807) is 0 Å². The van der Waals surface area contributed by atoms with Crippen molar-refractivity contribution in [1.82, 2.24) is 0 Å². The topological polar surface area (TPSA) is 335 Å². The number of allylic oxidation sites excluding steroid dienone is 2. The standard InChI is InChI=1S/C47H76O20/c1-20-29(54)32(57)34(59)38(63-20)65-36-30(55)24(52)17-62-40(36)67-41(61)47-12-11-42(2,3)13-22(47)21-7-8-26-43(4)14-23(51)37(66-39-35(60)33(58)31(56)25(16-48)64-39)46(18-49,19-50)27(43)9-10-44(26,5)45(21,6)15-28(47)53/h7,20,22-40,48-60H,8-19H2,1-6H3/t20-,22-,23-,24-,25+,26+,27+,28+,29-,30-,31+,32+,33-,34+,35+,36+,37-,38-,39-,40-,43+,44+,45+,47+/m0/s1. The molecule has 0 aromatic rings. The van der Waals surface area contributed by atoms with Crippen LogP contribution in [0.4, 0.5) is 0 Å². The Labute approximate surface area is 390 Å². The third kappa shape index (κ3) is 7.82. The van der Waals surface area contributed by atoms with Gasteiger partial charge < -0.3 is 94.8 Å². The fraction of sp³-hybridized carbons (Fsp3) is 0.936. The predicted molar refractivity (Wildman–Crippen MR) is 228 cm³/mol. The molecule has 24 atom stereocenters. The van der Waals surface area contributed by atoms with Gasteiger partial charge in [-0.25, -0.2) is 0 Å². The van der Waals surface area contributed by atoms with Crippen molar-refractivity contribution < 1.29 is 99.6 Å². The molecule has 13 N–H and O–H groups in total. The Morgan fingerprint density at radius 3 is 1.99 bits per heavy atom. The summed E-state index contributed by atoms with van der Waals surface area (Å²) in [6, 6.07) is 0. The summed E-state index contributed by atoms with van der Waals surface area (Å²) >= 11 is 0. The van der Waals surface area contributed by atoms with Crippen molar-refractivity contribution in [2.75, 3.05) is 26.4 Å². The Balaban J connectivity index is 1.10. The van der Waals surface area contributed by atoms with Crippen LogP contribution < -0.4 is 0 Å². The molecule has 8 aliphatic rings. The smallest absolute Gasteiger partial charge is 0.317 e. The third-order valence-corrected chi connectivity index (χ3v) is 19.1. The van der Waals surface area contributed by atoms with Crippen LogP contribution in [0, 0.1) is 50.2 Å². The number of rotatable bonds is 9. The van der Waals surface area contributed by atoms with E-state index in [1.807, 2.05) is 0 Å². The van der Waals surface area contributed by atoms with Crippen LogP contribution in [0.15, 0.2) is 11.6 Å². The van der Waals surface area contributed by atoms with E-state index < -0.39 is 176 Å². The number of fused-ring (bicyclic) bond motifs is 7. The lowest BCUT2D eigenvalue weighted by molar-refractivity contribution is -0.351. The molecule has 3 heterocycles. The number of aliphatic hydroxyl groups excluding tert-OH is 13. The maximum atomic E-state index is 15.1. The molecule has 3 aliphatic heterocycles. The van der Waals surface area contributed by atoms with Crippen molar-refractivity contribution >= 4 is 5.97 Å². The third-order valence-electron chi connectivity index (χ3n) is 19.1. The number of ether oxygens (including phenoxy) is 6. The van der Waals surface area contributed by atoms with Crippen LogP contribution in [0.1, 0.15) is 92.9 Å². The van der Waals surface area contributed by atoms with Crippen LogP contribution >= 0.6 is 0 Å². The van der Waals surface area contributed by atoms with E-state index in [4.69, 9.17) is 28.4 Å². The van der Waals surface area contributed by atoms with Crippen LogP contribution in [-0.4, -0.2) is 203 Å². The van der Waals surface area contributed by atoms with Gasteiger partial charge >= 0.3 is 5.97 Å². The SMILES string of the molecule is C[C@@H]1O[C@@H](O[C@H]2[C@H](OC(=O)[C@]34CCC(C)(C)C[C@H]3C3=CC[C@@H]5[C@@]6(C)C[C@H](O)[C@H](O[C@@H]7O[C@H](CO)[C@@H](O)[C@H](O)[C@H]7O)C(CO)(CO)[C@@H]6CC[C@@]5(C)[C@]3(C)C[C@H]4O)OC[C@H](O)[C@@H]2O)[C@H](O)[C@H](O)[C@H]1O. The number of carbonyl (C=O) groups is 1. The molecular weight excluding hydrogens is 884 g/mol. The molecule has 8 rings (SSSR count). The first-order valence-electron chi connectivity index (χ1n) is 24.1. The van der Waals surface area contributed by atoms with Gasteiger partial charge in [0.05, 0.1) is 50.8 Å². The first kappa shape index (κ1) is 51.8. The minimum absolute atomic E-state index is 0.141. The summed E-state index contributed by atoms with van der Waals surface area (Å²) in [6.45, 7) is 9.66. The number of esters is 1. The van der Waals surface area contributed by atoms with Gasteiger partial charge in [0.25, 0.3) is 0 Å². The minimum Gasteiger partial charge on any atom is -0.432 e. The molecule has 0 radical (unpaired) electrons. The molecular formula is C47H76O20. The summed E-state index contributed by atoms with van der Waals surface area (Å²) in [4.78, 5) is 15.1. The van der Waals surface area contributed by atoms with E-state index in [0.29, 0.717) is 32.1 Å². The van der Waals surface area contributed by atoms with Crippen molar-refractivity contribution in [2.45, 2.75) is 197 Å². The van der Waals surface area contributed by atoms with Gasteiger partial charge in [0.2, 0.25) is 6.29 Å². The number of hydrogen-bond acceptors (Lipinski definition) is 20. The Morgan fingerprint density at radius 1 is 0.701 bits per heavy atom. The van der Waals surface area contributed by atoms with E-state index in [9.17, 15) is 66.4 Å². The molecule has 0 spiro atoms. The highest BCUT2D eigenvalue weighted by Gasteiger charge is 2.73. The van der Waals surface area contributed by atoms with Gasteiger partial charge in [-0.15, -0.1) is 0 Å². The van der Waals surface area contributed by atoms with Crippen molar-refractivity contribution in [2.24, 2.45) is 50.2 Å². The maximum Gasteiger partial charge on any atom is 0.317 e. The summed E-state index contributed by atoms with van der Waals surface area (Å²) in [5.41, 5.74) is -4.33. The summed E-state index contributed by atoms with van der Waals surface area (Å²) in [7, 11) is 0. The largest absolute Gasteiger partial charge is 0.432 e. The van der Waals surface area contributed by atoms with E-state index in [1.165, 1.54) is 6.92 Å². The molecule has 7 fully saturated rings. The lowest BCUT2D eigenvalue weighted by Crippen LogP contribution is -2.71. The average Bonchev–Trinajstić information content (AvgIpc) is 3.27. The van der Waals surface area contributed by atoms with Crippen LogP contribution in [-0.2, 0) is 33.2 Å². The maximum absolute atomic E-state index is 15.1. The highest BCUT2D eigenvalue weighted by molar-refractivity contribution is 5.80. The lowest BCUT2D eigenvalue weighted by Gasteiger charge is -2.72. The summed E-state index contributed by atoms with van der Waals surface area (Å²) in [5.74, 6) is -1.99. The lowest BCUT2D eigenvalue weighted by atomic mass is 9.33. The van der Waals surface area contributed by atoms with Crippen molar-refractivity contribution in [3.8, 4) is 0 Å². The second-order valence-electron chi connectivity index (χ2n) is 23.0. The second-order valence-corrected chi connectivity index (χ2v) is 23.0. The fourth-order valence-corrected chi connectivity index (χ4v) is 15.0. The van der Waals surface area contributed by atoms with Gasteiger partial charge in [0.15, 0.2) is 18.7 Å². The molecule has 3 saturated heterocycles. The van der Waals surface area contributed by atoms with E-state index in [0.717, 1.165) is 5.57 Å². The van der Waals surface area contributed by atoms with Crippen molar-refractivity contribution in [1.29, 1.82) is 0 Å². The van der Waals surface area contributed by atoms with Crippen LogP contribution in [0.25, 0.3) is 0 Å². The number of carbonyl (C=O) groups excluding carboxylic acids is 1. The molecule has 67 heavy (non-hydrogen) atoms. The van der Waals surface area contributed by atoms with Gasteiger partial charge in [-0.2, -0.15) is 0 Å². The molecule has 0 unspecified atom stereocenters. The van der Waals surface area contributed by atoms with E-state index in [2.05, 4.69) is 40.7 Å². The van der Waals surface area contributed by atoms with Gasteiger partial charge in [0.1, 0.15) is 60.4 Å². The second kappa shape index (κ2) is 18.2. The highest BCUT2D eigenvalue weighted by atomic mass is 16.8. The van der Waals surface area contributed by atoms with E-state index in [-0.39, 0.29) is 30.6 Å². The first-order valence-corrected chi connectivity index (χ1v) is 24.1. The molecule has 0 bridgehead atoms. The van der Waals surface area contributed by atoms with Crippen molar-refractivity contribution in [3.05, 3.63) is 11.6 Å². The Hall–Kier alpha value is -1.51.